The number of aldehydes is 1. The summed E-state index contributed by atoms with van der Waals surface area (Å²) in [5.41, 5.74) is 0.0512. The van der Waals surface area contributed by atoms with Gasteiger partial charge in [-0.15, -0.1) is 0 Å². The number of nitrogens with zero attached hydrogens (tertiary/aromatic N) is 2. The van der Waals surface area contributed by atoms with Gasteiger partial charge in [0, 0.05) is 31.3 Å². The quantitative estimate of drug-likeness (QED) is 0.722. The summed E-state index contributed by atoms with van der Waals surface area (Å²) in [4.78, 5) is 24.4. The number of carbonyl (C=O) groups excluding carboxylic acids is 1. The highest BCUT2D eigenvalue weighted by Crippen LogP contribution is 2.14. The Morgan fingerprint density at radius 3 is 2.65 bits per heavy atom. The minimum Gasteiger partial charge on any atom is -0.314 e. The first-order valence-corrected chi connectivity index (χ1v) is 6.13. The maximum atomic E-state index is 11.5. The molecule has 0 spiro atoms. The van der Waals surface area contributed by atoms with E-state index in [1.807, 2.05) is 12.3 Å². The Hall–Kier alpha value is -1.42. The molecule has 92 valence electrons. The molecule has 4 nitrogen and oxygen atoms in total. The van der Waals surface area contributed by atoms with Gasteiger partial charge in [-0.1, -0.05) is 6.07 Å². The predicted molar refractivity (Wildman–Crippen MR) is 65.9 cm³/mol. The summed E-state index contributed by atoms with van der Waals surface area (Å²) in [7, 11) is 0. The van der Waals surface area contributed by atoms with E-state index in [0.717, 1.165) is 45.3 Å². The Morgan fingerprint density at radius 2 is 2.00 bits per heavy atom. The zero-order chi connectivity index (χ0) is 12.1. The molecule has 1 aromatic heterocycles. The van der Waals surface area contributed by atoms with Crippen LogP contribution in [0.4, 0.5) is 0 Å². The number of carbonyl (C=O) groups is 1. The molecule has 17 heavy (non-hydrogen) atoms. The molecule has 1 saturated heterocycles. The van der Waals surface area contributed by atoms with Crippen LogP contribution in [-0.2, 0) is 11.3 Å². The monoisotopic (exact) mass is 234 g/mol. The largest absolute Gasteiger partial charge is 0.314 e. The first-order valence-electron chi connectivity index (χ1n) is 6.13. The van der Waals surface area contributed by atoms with Crippen molar-refractivity contribution in [3.63, 3.8) is 0 Å². The second kappa shape index (κ2) is 5.77. The molecule has 0 radical (unpaired) electrons. The molecule has 1 aliphatic heterocycles. The van der Waals surface area contributed by atoms with Crippen molar-refractivity contribution in [2.75, 3.05) is 19.6 Å². The zero-order valence-corrected chi connectivity index (χ0v) is 9.92. The molecule has 0 aliphatic carbocycles. The van der Waals surface area contributed by atoms with Crippen LogP contribution in [0.3, 0.4) is 0 Å². The van der Waals surface area contributed by atoms with Gasteiger partial charge in [0.05, 0.1) is 0 Å². The van der Waals surface area contributed by atoms with Gasteiger partial charge in [0.15, 0.2) is 0 Å². The molecular formula is C13H18N2O2. The van der Waals surface area contributed by atoms with E-state index in [2.05, 4.69) is 4.90 Å². The van der Waals surface area contributed by atoms with Crippen molar-refractivity contribution in [1.82, 2.24) is 9.47 Å². The molecule has 1 fully saturated rings. The lowest BCUT2D eigenvalue weighted by molar-refractivity contribution is -0.112. The Bertz CT molecular complexity index is 419. The number of piperidine rings is 1. The Kier molecular flexibility index (Phi) is 4.09. The highest BCUT2D eigenvalue weighted by molar-refractivity contribution is 5.53. The number of aromatic nitrogens is 1. The maximum Gasteiger partial charge on any atom is 0.250 e. The number of rotatable bonds is 4. The van der Waals surface area contributed by atoms with Crippen LogP contribution in [0, 0.1) is 5.92 Å². The van der Waals surface area contributed by atoms with Crippen molar-refractivity contribution in [3.8, 4) is 0 Å². The summed E-state index contributed by atoms with van der Waals surface area (Å²) in [5.74, 6) is 0.241. The number of likely N-dealkylation sites (tertiary alicyclic amines) is 1. The molecule has 0 bridgehead atoms. The third-order valence-electron chi connectivity index (χ3n) is 3.38. The molecular weight excluding hydrogens is 216 g/mol. The normalized spacial score (nSPS) is 18.1. The number of pyridine rings is 1. The molecule has 0 amide bonds. The minimum atomic E-state index is 0.0512. The Labute approximate surface area is 101 Å². The fraction of sp³-hybridized carbons (Fsp3) is 0.538. The van der Waals surface area contributed by atoms with Crippen LogP contribution in [0.25, 0.3) is 0 Å². The molecule has 0 unspecified atom stereocenters. The Morgan fingerprint density at radius 1 is 1.24 bits per heavy atom. The molecule has 1 aliphatic rings. The van der Waals surface area contributed by atoms with Crippen molar-refractivity contribution in [3.05, 3.63) is 34.7 Å². The fourth-order valence-corrected chi connectivity index (χ4v) is 2.21. The van der Waals surface area contributed by atoms with Crippen LogP contribution >= 0.6 is 0 Å². The van der Waals surface area contributed by atoms with Gasteiger partial charge in [-0.2, -0.15) is 0 Å². The van der Waals surface area contributed by atoms with Crippen LogP contribution in [-0.4, -0.2) is 35.4 Å². The average Bonchev–Trinajstić information content (AvgIpc) is 2.38. The van der Waals surface area contributed by atoms with E-state index in [1.165, 1.54) is 0 Å². The minimum absolute atomic E-state index is 0.0512. The summed E-state index contributed by atoms with van der Waals surface area (Å²) < 4.78 is 1.73. The summed E-state index contributed by atoms with van der Waals surface area (Å²) in [6.45, 7) is 3.54. The second-order valence-electron chi connectivity index (χ2n) is 4.55. The molecule has 0 saturated carbocycles. The summed E-state index contributed by atoms with van der Waals surface area (Å²) in [5, 5.41) is 0. The SMILES string of the molecule is O=CC1CCN(CCn2ccccc2=O)CC1. The smallest absolute Gasteiger partial charge is 0.250 e. The third-order valence-corrected chi connectivity index (χ3v) is 3.38. The summed E-state index contributed by atoms with van der Waals surface area (Å²) >= 11 is 0. The van der Waals surface area contributed by atoms with Crippen molar-refractivity contribution >= 4 is 6.29 Å². The van der Waals surface area contributed by atoms with Crippen LogP contribution in [0.2, 0.25) is 0 Å². The fourth-order valence-electron chi connectivity index (χ4n) is 2.21. The maximum absolute atomic E-state index is 11.5. The van der Waals surface area contributed by atoms with E-state index < -0.39 is 0 Å². The van der Waals surface area contributed by atoms with Crippen molar-refractivity contribution in [2.45, 2.75) is 19.4 Å². The van der Waals surface area contributed by atoms with Gasteiger partial charge < -0.3 is 14.3 Å². The molecule has 0 N–H and O–H groups in total. The highest BCUT2D eigenvalue weighted by Gasteiger charge is 2.17. The lowest BCUT2D eigenvalue weighted by Crippen LogP contribution is -2.37. The second-order valence-corrected chi connectivity index (χ2v) is 4.55. The van der Waals surface area contributed by atoms with Gasteiger partial charge in [0.2, 0.25) is 0 Å². The first-order chi connectivity index (χ1) is 8.29. The Balaban J connectivity index is 1.82. The molecule has 2 heterocycles. The molecule has 2 rings (SSSR count). The van der Waals surface area contributed by atoms with Gasteiger partial charge in [0.25, 0.3) is 5.56 Å². The topological polar surface area (TPSA) is 42.3 Å². The summed E-state index contributed by atoms with van der Waals surface area (Å²) in [6, 6.07) is 5.22. The van der Waals surface area contributed by atoms with E-state index in [0.29, 0.717) is 0 Å². The van der Waals surface area contributed by atoms with Gasteiger partial charge >= 0.3 is 0 Å². The van der Waals surface area contributed by atoms with E-state index in [-0.39, 0.29) is 11.5 Å². The predicted octanol–water partition coefficient (Wildman–Crippen LogP) is 0.759. The van der Waals surface area contributed by atoms with Gasteiger partial charge in [-0.3, -0.25) is 4.79 Å². The van der Waals surface area contributed by atoms with Crippen molar-refractivity contribution in [2.24, 2.45) is 5.92 Å². The lowest BCUT2D eigenvalue weighted by atomic mass is 9.99. The van der Waals surface area contributed by atoms with E-state index in [1.54, 1.807) is 16.7 Å². The molecule has 1 aromatic rings. The third kappa shape index (κ3) is 3.27. The van der Waals surface area contributed by atoms with Crippen LogP contribution < -0.4 is 5.56 Å². The van der Waals surface area contributed by atoms with E-state index >= 15 is 0 Å². The van der Waals surface area contributed by atoms with Gasteiger partial charge in [0.1, 0.15) is 6.29 Å². The van der Waals surface area contributed by atoms with Crippen molar-refractivity contribution < 1.29 is 4.79 Å². The van der Waals surface area contributed by atoms with E-state index in [4.69, 9.17) is 0 Å². The van der Waals surface area contributed by atoms with Crippen molar-refractivity contribution in [1.29, 1.82) is 0 Å². The van der Waals surface area contributed by atoms with Crippen LogP contribution in [0.15, 0.2) is 29.2 Å². The van der Waals surface area contributed by atoms with E-state index in [9.17, 15) is 9.59 Å². The van der Waals surface area contributed by atoms with Crippen LogP contribution in [0.1, 0.15) is 12.8 Å². The zero-order valence-electron chi connectivity index (χ0n) is 9.92. The number of hydrogen-bond donors (Lipinski definition) is 0. The summed E-state index contributed by atoms with van der Waals surface area (Å²) in [6.07, 6.45) is 4.79. The average molecular weight is 234 g/mol. The van der Waals surface area contributed by atoms with Gasteiger partial charge in [-0.25, -0.2) is 0 Å². The van der Waals surface area contributed by atoms with Crippen LogP contribution in [0.5, 0.6) is 0 Å². The molecule has 4 heteroatoms. The highest BCUT2D eigenvalue weighted by atomic mass is 16.1. The molecule has 0 aromatic carbocycles. The lowest BCUT2D eigenvalue weighted by Gasteiger charge is -2.29. The standard InChI is InChI=1S/C13H18N2O2/c16-11-12-4-7-14(8-5-12)9-10-15-6-2-1-3-13(15)17/h1-3,6,11-12H,4-5,7-10H2. The first kappa shape index (κ1) is 12.0. The number of hydrogen-bond acceptors (Lipinski definition) is 3. The molecule has 0 atom stereocenters. The van der Waals surface area contributed by atoms with Gasteiger partial charge in [-0.05, 0) is 32.0 Å².